The van der Waals surface area contributed by atoms with Gasteiger partial charge in [-0.2, -0.15) is 0 Å². The zero-order valence-electron chi connectivity index (χ0n) is 18.3. The molecule has 4 N–H and O–H groups in total. The van der Waals surface area contributed by atoms with E-state index in [0.29, 0.717) is 36.6 Å². The maximum Gasteiger partial charge on any atom is 0.119 e. The van der Waals surface area contributed by atoms with Gasteiger partial charge in [-0.1, -0.05) is 29.8 Å². The molecule has 1 saturated heterocycles. The molecule has 3 rings (SSSR count). The largest absolute Gasteiger partial charge is 0.494 e. The van der Waals surface area contributed by atoms with E-state index in [1.54, 1.807) is 7.11 Å². The lowest BCUT2D eigenvalue weighted by molar-refractivity contribution is -0.231. The Morgan fingerprint density at radius 1 is 1.00 bits per heavy atom. The Morgan fingerprint density at radius 3 is 2.34 bits per heavy atom. The van der Waals surface area contributed by atoms with E-state index in [2.05, 4.69) is 0 Å². The van der Waals surface area contributed by atoms with Gasteiger partial charge < -0.3 is 34.6 Å². The fourth-order valence-corrected chi connectivity index (χ4v) is 4.21. The lowest BCUT2D eigenvalue weighted by Crippen LogP contribution is -2.55. The van der Waals surface area contributed by atoms with Crippen LogP contribution in [0.1, 0.15) is 35.3 Å². The second-order valence-electron chi connectivity index (χ2n) is 7.89. The predicted molar refractivity (Wildman–Crippen MR) is 120 cm³/mol. The highest BCUT2D eigenvalue weighted by Gasteiger charge is 2.44. The fourth-order valence-electron chi connectivity index (χ4n) is 3.96. The molecular weight excluding hydrogens is 436 g/mol. The molecule has 2 aromatic rings. The van der Waals surface area contributed by atoms with Gasteiger partial charge in [0.2, 0.25) is 0 Å². The van der Waals surface area contributed by atoms with Crippen LogP contribution in [0.4, 0.5) is 0 Å². The third-order valence-corrected chi connectivity index (χ3v) is 6.06. The summed E-state index contributed by atoms with van der Waals surface area (Å²) in [7, 11) is 1.59. The first-order chi connectivity index (χ1) is 15.4. The van der Waals surface area contributed by atoms with Gasteiger partial charge in [0.15, 0.2) is 0 Å². The van der Waals surface area contributed by atoms with Crippen LogP contribution in [-0.2, 0) is 22.3 Å². The Labute approximate surface area is 193 Å². The van der Waals surface area contributed by atoms with Crippen molar-refractivity contribution < 1.29 is 34.6 Å². The van der Waals surface area contributed by atoms with Gasteiger partial charge >= 0.3 is 0 Å². The quantitative estimate of drug-likeness (QED) is 0.447. The van der Waals surface area contributed by atoms with E-state index in [1.165, 1.54) is 0 Å². The van der Waals surface area contributed by atoms with Crippen molar-refractivity contribution in [3.05, 3.63) is 63.7 Å². The second kappa shape index (κ2) is 11.4. The van der Waals surface area contributed by atoms with E-state index in [4.69, 9.17) is 25.8 Å². The van der Waals surface area contributed by atoms with Gasteiger partial charge in [-0.3, -0.25) is 0 Å². The Hall–Kier alpha value is -1.71. The molecule has 32 heavy (non-hydrogen) atoms. The van der Waals surface area contributed by atoms with Gasteiger partial charge in [-0.05, 0) is 60.2 Å². The fraction of sp³-hybridized carbons (Fsp3) is 0.500. The predicted octanol–water partition coefficient (Wildman–Crippen LogP) is 2.03. The van der Waals surface area contributed by atoms with Crippen LogP contribution in [0.3, 0.4) is 0 Å². The van der Waals surface area contributed by atoms with Gasteiger partial charge in [0.25, 0.3) is 0 Å². The van der Waals surface area contributed by atoms with Crippen molar-refractivity contribution >= 4 is 11.6 Å². The minimum atomic E-state index is -1.45. The SMILES string of the molecule is CCOc1ccc(Cc2cc([C@@H]3O[C@H](CO)[C@@H](O)[C@H](O)[C@H]3O)c(CCOC)cc2Cl)cc1. The summed E-state index contributed by atoms with van der Waals surface area (Å²) in [6.45, 7) is 2.47. The topological polar surface area (TPSA) is 109 Å². The number of benzene rings is 2. The van der Waals surface area contributed by atoms with Crippen molar-refractivity contribution in [1.29, 1.82) is 0 Å². The summed E-state index contributed by atoms with van der Waals surface area (Å²) in [4.78, 5) is 0. The zero-order chi connectivity index (χ0) is 23.3. The highest BCUT2D eigenvalue weighted by atomic mass is 35.5. The number of ether oxygens (including phenoxy) is 3. The molecule has 0 aliphatic carbocycles. The molecule has 0 amide bonds. The van der Waals surface area contributed by atoms with Crippen LogP contribution in [0.2, 0.25) is 5.02 Å². The molecule has 0 radical (unpaired) electrons. The molecule has 7 nitrogen and oxygen atoms in total. The van der Waals surface area contributed by atoms with Crippen LogP contribution in [0.25, 0.3) is 0 Å². The molecule has 1 aliphatic rings. The zero-order valence-corrected chi connectivity index (χ0v) is 19.0. The molecule has 2 aromatic carbocycles. The summed E-state index contributed by atoms with van der Waals surface area (Å²) in [5, 5.41) is 41.2. The normalized spacial score (nSPS) is 25.7. The molecule has 1 aliphatic heterocycles. The molecule has 5 atom stereocenters. The molecule has 0 saturated carbocycles. The molecule has 0 aromatic heterocycles. The highest BCUT2D eigenvalue weighted by molar-refractivity contribution is 6.31. The Balaban J connectivity index is 1.95. The van der Waals surface area contributed by atoms with Gasteiger partial charge in [-0.25, -0.2) is 0 Å². The van der Waals surface area contributed by atoms with Crippen molar-refractivity contribution in [3.63, 3.8) is 0 Å². The number of halogens is 1. The Morgan fingerprint density at radius 2 is 1.72 bits per heavy atom. The van der Waals surface area contributed by atoms with Crippen LogP contribution in [0, 0.1) is 0 Å². The molecule has 1 fully saturated rings. The average Bonchev–Trinajstić information content (AvgIpc) is 2.79. The molecule has 1 heterocycles. The Kier molecular flexibility index (Phi) is 8.90. The summed E-state index contributed by atoms with van der Waals surface area (Å²) >= 11 is 6.60. The molecule has 176 valence electrons. The van der Waals surface area contributed by atoms with E-state index in [9.17, 15) is 20.4 Å². The highest BCUT2D eigenvalue weighted by Crippen LogP contribution is 2.37. The monoisotopic (exact) mass is 466 g/mol. The van der Waals surface area contributed by atoms with Gasteiger partial charge in [0.05, 0.1) is 19.8 Å². The first-order valence-corrected chi connectivity index (χ1v) is 11.1. The number of hydrogen-bond acceptors (Lipinski definition) is 7. The van der Waals surface area contributed by atoms with Crippen LogP contribution >= 0.6 is 11.6 Å². The average molecular weight is 467 g/mol. The third kappa shape index (κ3) is 5.61. The number of methoxy groups -OCH3 is 1. The first-order valence-electron chi connectivity index (χ1n) is 10.7. The van der Waals surface area contributed by atoms with Crippen molar-refractivity contribution in [2.75, 3.05) is 26.9 Å². The summed E-state index contributed by atoms with van der Waals surface area (Å²) in [6.07, 6.45) is -5.10. The van der Waals surface area contributed by atoms with E-state index >= 15 is 0 Å². The smallest absolute Gasteiger partial charge is 0.119 e. The van der Waals surface area contributed by atoms with Gasteiger partial charge in [0.1, 0.15) is 36.3 Å². The standard InChI is InChI=1S/C24H31ClO7/c1-3-31-17-6-4-14(5-7-17)10-16-11-18(15(8-9-30-2)12-19(16)25)24-23(29)22(28)21(27)20(13-26)32-24/h4-7,11-12,20-24,26-29H,3,8-10,13H2,1-2H3/t20-,21-,22+,23-,24+/m1/s1. The van der Waals surface area contributed by atoms with Gasteiger partial charge in [-0.15, -0.1) is 0 Å². The molecule has 8 heteroatoms. The van der Waals surface area contributed by atoms with E-state index in [1.807, 2.05) is 43.3 Å². The first kappa shape index (κ1) is 24.9. The summed E-state index contributed by atoms with van der Waals surface area (Å²) in [6, 6.07) is 11.4. The molecule has 0 spiro atoms. The van der Waals surface area contributed by atoms with Crippen molar-refractivity contribution in [1.82, 2.24) is 0 Å². The number of aliphatic hydroxyl groups excluding tert-OH is 4. The number of rotatable bonds is 9. The van der Waals surface area contributed by atoms with Crippen molar-refractivity contribution in [2.24, 2.45) is 0 Å². The lowest BCUT2D eigenvalue weighted by Gasteiger charge is -2.41. The second-order valence-corrected chi connectivity index (χ2v) is 8.30. The maximum absolute atomic E-state index is 10.7. The van der Waals surface area contributed by atoms with Crippen molar-refractivity contribution in [3.8, 4) is 5.75 Å². The minimum absolute atomic E-state index is 0.430. The van der Waals surface area contributed by atoms with Crippen LogP contribution < -0.4 is 4.74 Å². The van der Waals surface area contributed by atoms with Crippen LogP contribution in [0.15, 0.2) is 36.4 Å². The number of hydrogen-bond donors (Lipinski definition) is 4. The maximum atomic E-state index is 10.7. The molecule has 0 unspecified atom stereocenters. The summed E-state index contributed by atoms with van der Waals surface area (Å²) in [5.74, 6) is 0.791. The van der Waals surface area contributed by atoms with E-state index in [-0.39, 0.29) is 0 Å². The molecule has 0 bridgehead atoms. The van der Waals surface area contributed by atoms with E-state index in [0.717, 1.165) is 22.4 Å². The summed E-state index contributed by atoms with van der Waals surface area (Å²) < 4.78 is 16.5. The van der Waals surface area contributed by atoms with Crippen LogP contribution in [0.5, 0.6) is 5.75 Å². The summed E-state index contributed by atoms with van der Waals surface area (Å²) in [5.41, 5.74) is 3.30. The van der Waals surface area contributed by atoms with E-state index < -0.39 is 37.1 Å². The molecular formula is C24H31ClO7. The third-order valence-electron chi connectivity index (χ3n) is 5.71. The van der Waals surface area contributed by atoms with Crippen LogP contribution in [-0.4, -0.2) is 71.8 Å². The van der Waals surface area contributed by atoms with Crippen molar-refractivity contribution in [2.45, 2.75) is 50.3 Å². The number of aliphatic hydroxyl groups is 4. The lowest BCUT2D eigenvalue weighted by atomic mass is 9.87. The Bertz CT molecular complexity index is 871. The minimum Gasteiger partial charge on any atom is -0.494 e. The van der Waals surface area contributed by atoms with Gasteiger partial charge in [0, 0.05) is 12.1 Å².